The van der Waals surface area contributed by atoms with Gasteiger partial charge in [0.25, 0.3) is 0 Å². The number of nitrogens with one attached hydrogen (secondary N) is 2. The lowest BCUT2D eigenvalue weighted by Gasteiger charge is -2.25. The minimum Gasteiger partial charge on any atom is -0.506 e. The number of benzene rings is 3. The largest absolute Gasteiger partial charge is 0.506 e. The molecule has 37 heavy (non-hydrogen) atoms. The summed E-state index contributed by atoms with van der Waals surface area (Å²) >= 11 is 8.28. The van der Waals surface area contributed by atoms with Crippen LogP contribution >= 0.6 is 43.6 Å². The number of nitrogen functional groups attached to an aromatic ring is 1. The maximum Gasteiger partial charge on any atom is 0.412 e. The molecule has 0 saturated heterocycles. The third-order valence-corrected chi connectivity index (χ3v) is 6.97. The molecule has 0 aliphatic heterocycles. The van der Waals surface area contributed by atoms with Crippen molar-refractivity contribution < 1.29 is 24.2 Å². The van der Waals surface area contributed by atoms with Crippen LogP contribution in [0.3, 0.4) is 0 Å². The minimum absolute atomic E-state index is 0.137. The number of hydrogen-bond donors (Lipinski definition) is 4. The quantitative estimate of drug-likeness (QED) is 0.115. The Balaban J connectivity index is 1.86. The first-order chi connectivity index (χ1) is 17.7. The molecule has 0 spiro atoms. The van der Waals surface area contributed by atoms with E-state index in [0.717, 1.165) is 4.90 Å². The summed E-state index contributed by atoms with van der Waals surface area (Å²) in [6.07, 6.45) is 1.82. The highest BCUT2D eigenvalue weighted by molar-refractivity contribution is 9.11. The Morgan fingerprint density at radius 3 is 2.43 bits per heavy atom. The molecule has 3 aromatic rings. The fourth-order valence-electron chi connectivity index (χ4n) is 3.32. The average Bonchev–Trinajstić information content (AvgIpc) is 2.87. The highest BCUT2D eigenvalue weighted by atomic mass is 79.9. The zero-order chi connectivity index (χ0) is 26.9. The topological polar surface area (TPSA) is 123 Å². The number of halogens is 2. The van der Waals surface area contributed by atoms with Crippen molar-refractivity contribution in [2.24, 2.45) is 0 Å². The van der Waals surface area contributed by atoms with Crippen LogP contribution in [0.25, 0.3) is 0 Å². The fraction of sp³-hybridized carbons (Fsp3) is 0.154. The Bertz CT molecular complexity index is 1290. The molecular formula is C26H25Br2N3O5S. The Labute approximate surface area is 235 Å². The van der Waals surface area contributed by atoms with Crippen molar-refractivity contribution in [2.75, 3.05) is 29.7 Å². The van der Waals surface area contributed by atoms with Crippen LogP contribution in [0.15, 0.2) is 86.7 Å². The lowest BCUT2D eigenvalue weighted by Crippen LogP contribution is -2.27. The van der Waals surface area contributed by atoms with E-state index in [1.165, 1.54) is 19.3 Å². The van der Waals surface area contributed by atoms with E-state index < -0.39 is 24.2 Å². The number of amides is 2. The molecule has 0 fully saturated rings. The summed E-state index contributed by atoms with van der Waals surface area (Å²) in [6.45, 7) is 0. The van der Waals surface area contributed by atoms with E-state index in [4.69, 9.17) is 15.2 Å². The van der Waals surface area contributed by atoms with Gasteiger partial charge in [-0.3, -0.25) is 10.1 Å². The van der Waals surface area contributed by atoms with E-state index in [9.17, 15) is 14.7 Å². The van der Waals surface area contributed by atoms with Crippen LogP contribution in [0, 0.1) is 0 Å². The molecule has 3 aromatic carbocycles. The van der Waals surface area contributed by atoms with Crippen LogP contribution in [0.5, 0.6) is 5.75 Å². The highest BCUT2D eigenvalue weighted by Crippen LogP contribution is 2.39. The summed E-state index contributed by atoms with van der Waals surface area (Å²) in [7, 11) is 1.40. The van der Waals surface area contributed by atoms with E-state index in [1.54, 1.807) is 60.3 Å². The Morgan fingerprint density at radius 2 is 1.78 bits per heavy atom. The van der Waals surface area contributed by atoms with Crippen molar-refractivity contribution in [3.05, 3.63) is 87.3 Å². The predicted molar refractivity (Wildman–Crippen MR) is 154 cm³/mol. The molecule has 0 aromatic heterocycles. The number of phenolic OH excluding ortho intramolecular Hbond substituents is 1. The van der Waals surface area contributed by atoms with E-state index in [1.807, 2.05) is 18.4 Å². The van der Waals surface area contributed by atoms with Gasteiger partial charge in [-0.1, -0.05) is 28.1 Å². The van der Waals surface area contributed by atoms with E-state index in [0.29, 0.717) is 26.0 Å². The number of anilines is 3. The molecule has 2 atom stereocenters. The number of rotatable bonds is 9. The van der Waals surface area contributed by atoms with Crippen LogP contribution in [-0.2, 0) is 14.3 Å². The first kappa shape index (κ1) is 28.6. The summed E-state index contributed by atoms with van der Waals surface area (Å²) in [5.41, 5.74) is 7.56. The van der Waals surface area contributed by atoms with Crippen LogP contribution in [0.2, 0.25) is 0 Å². The second-order valence-electron chi connectivity index (χ2n) is 7.64. The smallest absolute Gasteiger partial charge is 0.412 e. The molecule has 3 rings (SSSR count). The maximum atomic E-state index is 12.9. The van der Waals surface area contributed by atoms with Gasteiger partial charge in [0.05, 0.1) is 15.8 Å². The van der Waals surface area contributed by atoms with Crippen molar-refractivity contribution in [3.8, 4) is 5.75 Å². The molecule has 0 saturated carbocycles. The number of nitrogens with two attached hydrogens (primary N) is 1. The molecule has 0 radical (unpaired) electrons. The molecule has 0 aliphatic carbocycles. The first-order valence-corrected chi connectivity index (χ1v) is 13.7. The number of thioether (sulfide) groups is 1. The molecule has 5 N–H and O–H groups in total. The Morgan fingerprint density at radius 1 is 1.08 bits per heavy atom. The van der Waals surface area contributed by atoms with Crippen molar-refractivity contribution in [1.82, 2.24) is 0 Å². The molecule has 0 unspecified atom stereocenters. The van der Waals surface area contributed by atoms with Crippen molar-refractivity contribution in [2.45, 2.75) is 17.1 Å². The standard InChI is InChI=1S/C26H25Br2N3O5S/c1-35-22(11-12-23(32)31-21-6-4-3-5-20(21)29)25(18-13-15(27)14-19(28)24(18)33)36-26(34)30-16-7-9-17(37-2)10-8-16/h3-14,22,25,33H,29H2,1-2H3,(H,30,34)(H,31,32)/b12-11+/t22-,25-/m1/s1. The lowest BCUT2D eigenvalue weighted by atomic mass is 10.0. The third kappa shape index (κ3) is 8.00. The molecule has 0 aliphatic rings. The van der Waals surface area contributed by atoms with E-state index in [-0.39, 0.29) is 11.3 Å². The Kier molecular flexibility index (Phi) is 10.4. The normalized spacial score (nSPS) is 12.6. The first-order valence-electron chi connectivity index (χ1n) is 10.9. The van der Waals surface area contributed by atoms with Gasteiger partial charge in [0.1, 0.15) is 11.9 Å². The number of para-hydroxylation sites is 2. The highest BCUT2D eigenvalue weighted by Gasteiger charge is 2.29. The summed E-state index contributed by atoms with van der Waals surface area (Å²) < 4.78 is 12.3. The molecule has 2 amide bonds. The molecule has 11 heteroatoms. The fourth-order valence-corrected chi connectivity index (χ4v) is 4.98. The monoisotopic (exact) mass is 649 g/mol. The minimum atomic E-state index is -1.12. The second-order valence-corrected chi connectivity index (χ2v) is 10.3. The second kappa shape index (κ2) is 13.5. The summed E-state index contributed by atoms with van der Waals surface area (Å²) in [6, 6.07) is 17.4. The molecule has 0 bridgehead atoms. The van der Waals surface area contributed by atoms with Crippen LogP contribution < -0.4 is 16.4 Å². The number of aromatic hydroxyl groups is 1. The number of carbonyl (C=O) groups is 2. The predicted octanol–water partition coefficient (Wildman–Crippen LogP) is 6.72. The van der Waals surface area contributed by atoms with Crippen LogP contribution in [0.1, 0.15) is 11.7 Å². The molecular weight excluding hydrogens is 626 g/mol. The number of methoxy groups -OCH3 is 1. The van der Waals surface area contributed by atoms with Crippen LogP contribution in [0.4, 0.5) is 21.9 Å². The van der Waals surface area contributed by atoms with Crippen LogP contribution in [-0.4, -0.2) is 36.6 Å². The van der Waals surface area contributed by atoms with E-state index in [2.05, 4.69) is 42.5 Å². The SMILES string of the molecule is CO[C@H](/C=C/C(=O)Nc1ccccc1N)[C@H](OC(=O)Nc1ccc(SC)cc1)c1cc(Br)cc(Br)c1O. The average molecular weight is 651 g/mol. The van der Waals surface area contributed by atoms with Gasteiger partial charge in [-0.25, -0.2) is 4.79 Å². The number of hydrogen-bond acceptors (Lipinski definition) is 7. The van der Waals surface area contributed by atoms with Gasteiger partial charge in [-0.15, -0.1) is 11.8 Å². The van der Waals surface area contributed by atoms with Gasteiger partial charge in [0.15, 0.2) is 6.10 Å². The number of phenols is 1. The van der Waals surface area contributed by atoms with Gasteiger partial charge in [0, 0.05) is 33.8 Å². The zero-order valence-corrected chi connectivity index (χ0v) is 23.9. The number of ether oxygens (including phenoxy) is 2. The van der Waals surface area contributed by atoms with Gasteiger partial charge in [-0.05, 0) is 76.8 Å². The Hall–Kier alpha value is -2.99. The van der Waals surface area contributed by atoms with E-state index >= 15 is 0 Å². The summed E-state index contributed by atoms with van der Waals surface area (Å²) in [5.74, 6) is -0.598. The third-order valence-electron chi connectivity index (χ3n) is 5.16. The lowest BCUT2D eigenvalue weighted by molar-refractivity contribution is -0.112. The maximum absolute atomic E-state index is 12.9. The zero-order valence-electron chi connectivity index (χ0n) is 19.9. The van der Waals surface area contributed by atoms with Gasteiger partial charge in [-0.2, -0.15) is 0 Å². The summed E-state index contributed by atoms with van der Waals surface area (Å²) in [5, 5.41) is 16.1. The van der Waals surface area contributed by atoms with Crippen molar-refractivity contribution >= 4 is 72.7 Å². The molecule has 8 nitrogen and oxygen atoms in total. The molecule has 194 valence electrons. The van der Waals surface area contributed by atoms with Crippen molar-refractivity contribution in [1.29, 1.82) is 0 Å². The summed E-state index contributed by atoms with van der Waals surface area (Å²) in [4.78, 5) is 26.4. The molecule has 0 heterocycles. The number of carbonyl (C=O) groups excluding carboxylic acids is 2. The van der Waals surface area contributed by atoms with Crippen molar-refractivity contribution in [3.63, 3.8) is 0 Å². The van der Waals surface area contributed by atoms with Gasteiger partial charge >= 0.3 is 6.09 Å². The van der Waals surface area contributed by atoms with Gasteiger partial charge in [0.2, 0.25) is 5.91 Å². The van der Waals surface area contributed by atoms with Gasteiger partial charge < -0.3 is 25.6 Å².